The van der Waals surface area contributed by atoms with Gasteiger partial charge in [-0.15, -0.1) is 0 Å². The van der Waals surface area contributed by atoms with E-state index < -0.39 is 11.7 Å². The summed E-state index contributed by atoms with van der Waals surface area (Å²) in [5, 5.41) is 0. The molecule has 0 aliphatic rings. The van der Waals surface area contributed by atoms with Gasteiger partial charge in [0.25, 0.3) is 0 Å². The van der Waals surface area contributed by atoms with Crippen molar-refractivity contribution in [2.75, 3.05) is 6.54 Å². The monoisotopic (exact) mass is 311 g/mol. The van der Waals surface area contributed by atoms with Gasteiger partial charge in [-0.1, -0.05) is 35.5 Å². The van der Waals surface area contributed by atoms with Gasteiger partial charge in [0.05, 0.1) is 5.56 Å². The Kier molecular flexibility index (Phi) is 4.96. The van der Waals surface area contributed by atoms with Gasteiger partial charge in [0.2, 0.25) is 0 Å². The lowest BCUT2D eigenvalue weighted by molar-refractivity contribution is -0.138. The summed E-state index contributed by atoms with van der Waals surface area (Å²) in [7, 11) is 0. The molecule has 0 heterocycles. The van der Waals surface area contributed by atoms with Crippen LogP contribution < -0.4 is 5.73 Å². The fraction of sp³-hybridized carbons (Fsp3) is 0.250. The van der Waals surface area contributed by atoms with E-state index >= 15 is 0 Å². The number of nitrogens with two attached hydrogens (primary N) is 1. The fourth-order valence-electron chi connectivity index (χ4n) is 2.00. The maximum absolute atomic E-state index is 13.1. The average molecular weight is 311 g/mol. The molecule has 2 N–H and O–H groups in total. The maximum atomic E-state index is 13.1. The van der Waals surface area contributed by atoms with E-state index in [-0.39, 0.29) is 18.5 Å². The molecule has 2 aromatic rings. The van der Waals surface area contributed by atoms with Crippen LogP contribution in [0.15, 0.2) is 52.3 Å². The summed E-state index contributed by atoms with van der Waals surface area (Å²) in [5.74, 6) is 0. The number of halogens is 3. The number of benzene rings is 2. The molecule has 0 radical (unpaired) electrons. The molecule has 0 spiro atoms. The predicted molar refractivity (Wildman–Crippen MR) is 79.5 cm³/mol. The summed E-state index contributed by atoms with van der Waals surface area (Å²) >= 11 is 1.32. The van der Waals surface area contributed by atoms with Crippen molar-refractivity contribution in [2.24, 2.45) is 5.73 Å². The quantitative estimate of drug-likeness (QED) is 0.888. The van der Waals surface area contributed by atoms with Crippen molar-refractivity contribution in [1.82, 2.24) is 0 Å². The lowest BCUT2D eigenvalue weighted by atomic mass is 10.0. The summed E-state index contributed by atoms with van der Waals surface area (Å²) in [6.07, 6.45) is -4.13. The van der Waals surface area contributed by atoms with Crippen LogP contribution in [0.1, 0.15) is 16.7 Å². The first kappa shape index (κ1) is 15.9. The molecule has 0 aromatic heterocycles. The lowest BCUT2D eigenvalue weighted by Crippen LogP contribution is -2.12. The minimum Gasteiger partial charge on any atom is -0.330 e. The molecule has 0 bridgehead atoms. The standard InChI is InChI=1S/C16H16F3NS/c1-11-2-5-13(6-3-11)21-14-7-4-12(8-9-20)15(10-14)16(17,18)19/h2-7,10H,8-9,20H2,1H3. The van der Waals surface area contributed by atoms with Gasteiger partial charge in [0, 0.05) is 9.79 Å². The zero-order valence-electron chi connectivity index (χ0n) is 11.6. The van der Waals surface area contributed by atoms with Crippen molar-refractivity contribution in [3.8, 4) is 0 Å². The van der Waals surface area contributed by atoms with Gasteiger partial charge in [-0.3, -0.25) is 0 Å². The zero-order chi connectivity index (χ0) is 15.5. The topological polar surface area (TPSA) is 26.0 Å². The second-order valence-corrected chi connectivity index (χ2v) is 5.92. The Morgan fingerprint density at radius 3 is 2.19 bits per heavy atom. The maximum Gasteiger partial charge on any atom is 0.416 e. The molecular formula is C16H16F3NS. The highest BCUT2D eigenvalue weighted by Gasteiger charge is 2.33. The highest BCUT2D eigenvalue weighted by atomic mass is 32.2. The Balaban J connectivity index is 2.31. The van der Waals surface area contributed by atoms with Gasteiger partial charge in [0.15, 0.2) is 0 Å². The fourth-order valence-corrected chi connectivity index (χ4v) is 2.86. The van der Waals surface area contributed by atoms with E-state index in [2.05, 4.69) is 0 Å². The molecule has 0 atom stereocenters. The van der Waals surface area contributed by atoms with Crippen LogP contribution in [0.3, 0.4) is 0 Å². The Morgan fingerprint density at radius 1 is 1.00 bits per heavy atom. The van der Waals surface area contributed by atoms with Crippen LogP contribution in [-0.2, 0) is 12.6 Å². The molecular weight excluding hydrogens is 295 g/mol. The van der Waals surface area contributed by atoms with Crippen molar-refractivity contribution in [3.05, 3.63) is 59.2 Å². The first-order chi connectivity index (χ1) is 9.90. The third-order valence-electron chi connectivity index (χ3n) is 3.06. The van der Waals surface area contributed by atoms with Crippen LogP contribution in [0.25, 0.3) is 0 Å². The minimum atomic E-state index is -4.35. The predicted octanol–water partition coefficient (Wildman–Crippen LogP) is 4.67. The highest BCUT2D eigenvalue weighted by Crippen LogP contribution is 2.36. The molecule has 0 fully saturated rings. The molecule has 112 valence electrons. The van der Waals surface area contributed by atoms with Crippen LogP contribution in [0.5, 0.6) is 0 Å². The molecule has 0 saturated carbocycles. The number of alkyl halides is 3. The Hall–Kier alpha value is -1.46. The molecule has 0 saturated heterocycles. The Morgan fingerprint density at radius 2 is 1.62 bits per heavy atom. The third-order valence-corrected chi connectivity index (χ3v) is 4.05. The number of aryl methyl sites for hydroxylation is 1. The van der Waals surface area contributed by atoms with E-state index in [0.29, 0.717) is 4.90 Å². The van der Waals surface area contributed by atoms with Gasteiger partial charge < -0.3 is 5.73 Å². The Bertz CT molecular complexity index is 606. The van der Waals surface area contributed by atoms with E-state index in [4.69, 9.17) is 5.73 Å². The summed E-state index contributed by atoms with van der Waals surface area (Å²) in [6, 6.07) is 12.1. The van der Waals surface area contributed by atoms with Gasteiger partial charge >= 0.3 is 6.18 Å². The van der Waals surface area contributed by atoms with Crippen LogP contribution >= 0.6 is 11.8 Å². The van der Waals surface area contributed by atoms with Crippen LogP contribution in [0, 0.1) is 6.92 Å². The summed E-state index contributed by atoms with van der Waals surface area (Å²) in [5.41, 5.74) is 6.15. The van der Waals surface area contributed by atoms with Crippen molar-refractivity contribution in [1.29, 1.82) is 0 Å². The van der Waals surface area contributed by atoms with E-state index in [1.54, 1.807) is 6.07 Å². The molecule has 21 heavy (non-hydrogen) atoms. The van der Waals surface area contributed by atoms with Gasteiger partial charge in [0.1, 0.15) is 0 Å². The van der Waals surface area contributed by atoms with Crippen LogP contribution in [-0.4, -0.2) is 6.54 Å². The normalized spacial score (nSPS) is 11.7. The third kappa shape index (κ3) is 4.25. The van der Waals surface area contributed by atoms with Crippen LogP contribution in [0.2, 0.25) is 0 Å². The van der Waals surface area contributed by atoms with Crippen molar-refractivity contribution >= 4 is 11.8 Å². The van der Waals surface area contributed by atoms with Gasteiger partial charge in [-0.2, -0.15) is 13.2 Å². The van der Waals surface area contributed by atoms with Crippen molar-refractivity contribution in [2.45, 2.75) is 29.3 Å². The minimum absolute atomic E-state index is 0.202. The van der Waals surface area contributed by atoms with Crippen molar-refractivity contribution in [3.63, 3.8) is 0 Å². The smallest absolute Gasteiger partial charge is 0.330 e. The molecule has 1 nitrogen and oxygen atoms in total. The molecule has 0 unspecified atom stereocenters. The van der Waals surface area contributed by atoms with E-state index in [9.17, 15) is 13.2 Å². The molecule has 2 rings (SSSR count). The van der Waals surface area contributed by atoms with E-state index in [0.717, 1.165) is 10.5 Å². The number of rotatable bonds is 4. The second kappa shape index (κ2) is 6.54. The van der Waals surface area contributed by atoms with Crippen molar-refractivity contribution < 1.29 is 13.2 Å². The summed E-state index contributed by atoms with van der Waals surface area (Å²) < 4.78 is 39.3. The number of hydrogen-bond donors (Lipinski definition) is 1. The Labute approximate surface area is 126 Å². The molecule has 0 aliphatic carbocycles. The molecule has 0 aliphatic heterocycles. The largest absolute Gasteiger partial charge is 0.416 e. The molecule has 0 amide bonds. The summed E-state index contributed by atoms with van der Waals surface area (Å²) in [6.45, 7) is 2.17. The highest BCUT2D eigenvalue weighted by molar-refractivity contribution is 7.99. The molecule has 2 aromatic carbocycles. The van der Waals surface area contributed by atoms with E-state index in [1.165, 1.54) is 23.9 Å². The first-order valence-electron chi connectivity index (χ1n) is 6.55. The number of hydrogen-bond acceptors (Lipinski definition) is 2. The lowest BCUT2D eigenvalue weighted by Gasteiger charge is -2.14. The van der Waals surface area contributed by atoms with Gasteiger partial charge in [-0.05, 0) is 49.7 Å². The SMILES string of the molecule is Cc1ccc(Sc2ccc(CCN)c(C(F)(F)F)c2)cc1. The average Bonchev–Trinajstić information content (AvgIpc) is 2.42. The zero-order valence-corrected chi connectivity index (χ0v) is 12.4. The van der Waals surface area contributed by atoms with Crippen LogP contribution in [0.4, 0.5) is 13.2 Å². The second-order valence-electron chi connectivity index (χ2n) is 4.77. The first-order valence-corrected chi connectivity index (χ1v) is 7.36. The summed E-state index contributed by atoms with van der Waals surface area (Å²) in [4.78, 5) is 1.49. The van der Waals surface area contributed by atoms with E-state index in [1.807, 2.05) is 31.2 Å². The molecule has 5 heteroatoms. The van der Waals surface area contributed by atoms with Gasteiger partial charge in [-0.25, -0.2) is 0 Å².